The van der Waals surface area contributed by atoms with Gasteiger partial charge in [-0.2, -0.15) is 5.10 Å². The summed E-state index contributed by atoms with van der Waals surface area (Å²) in [5.74, 6) is -0.194. The Morgan fingerprint density at radius 2 is 2.33 bits per heavy atom. The number of amides is 1. The number of nitrogens with one attached hydrogen (secondary N) is 1. The molecule has 0 radical (unpaired) electrons. The van der Waals surface area contributed by atoms with Crippen LogP contribution in [0.15, 0.2) is 30.6 Å². The summed E-state index contributed by atoms with van der Waals surface area (Å²) in [7, 11) is 1.82. The van der Waals surface area contributed by atoms with E-state index in [4.69, 9.17) is 17.3 Å². The molecule has 94 valence electrons. The van der Waals surface area contributed by atoms with E-state index < -0.39 is 0 Å². The first-order valence-electron chi connectivity index (χ1n) is 5.37. The highest BCUT2D eigenvalue weighted by molar-refractivity contribution is 6.33. The Kier molecular flexibility index (Phi) is 3.53. The van der Waals surface area contributed by atoms with Gasteiger partial charge in [-0.25, -0.2) is 0 Å². The largest absolute Gasteiger partial charge is 0.398 e. The number of hydrogen-bond donors (Lipinski definition) is 2. The van der Waals surface area contributed by atoms with Gasteiger partial charge in [-0.3, -0.25) is 9.48 Å². The van der Waals surface area contributed by atoms with Crippen molar-refractivity contribution in [2.75, 3.05) is 5.73 Å². The number of anilines is 1. The van der Waals surface area contributed by atoms with Crippen LogP contribution in [0.2, 0.25) is 5.02 Å². The van der Waals surface area contributed by atoms with Gasteiger partial charge in [-0.1, -0.05) is 11.6 Å². The summed E-state index contributed by atoms with van der Waals surface area (Å²) in [5.41, 5.74) is 7.46. The van der Waals surface area contributed by atoms with E-state index in [2.05, 4.69) is 10.4 Å². The number of nitrogens with two attached hydrogens (primary N) is 1. The number of hydrogen-bond acceptors (Lipinski definition) is 3. The minimum Gasteiger partial charge on any atom is -0.398 e. The average molecular weight is 265 g/mol. The Morgan fingerprint density at radius 3 is 2.94 bits per heavy atom. The first-order valence-corrected chi connectivity index (χ1v) is 5.75. The van der Waals surface area contributed by atoms with Crippen molar-refractivity contribution in [1.29, 1.82) is 0 Å². The van der Waals surface area contributed by atoms with Crippen LogP contribution in [0.1, 0.15) is 15.9 Å². The van der Waals surface area contributed by atoms with Gasteiger partial charge in [-0.05, 0) is 18.2 Å². The molecule has 6 heteroatoms. The third kappa shape index (κ3) is 2.81. The van der Waals surface area contributed by atoms with E-state index in [0.29, 0.717) is 22.8 Å². The highest BCUT2D eigenvalue weighted by Crippen LogP contribution is 2.19. The maximum absolute atomic E-state index is 11.9. The summed E-state index contributed by atoms with van der Waals surface area (Å²) >= 11 is 5.86. The maximum Gasteiger partial charge on any atom is 0.251 e. The molecule has 0 aliphatic rings. The van der Waals surface area contributed by atoms with E-state index in [1.165, 1.54) is 0 Å². The fourth-order valence-electron chi connectivity index (χ4n) is 1.52. The quantitative estimate of drug-likeness (QED) is 0.827. The lowest BCUT2D eigenvalue weighted by molar-refractivity contribution is 0.0951. The van der Waals surface area contributed by atoms with Crippen molar-refractivity contribution in [3.05, 3.63) is 46.7 Å². The highest BCUT2D eigenvalue weighted by Gasteiger charge is 2.07. The Balaban J connectivity index is 2.01. The van der Waals surface area contributed by atoms with Gasteiger partial charge in [0.15, 0.2) is 0 Å². The smallest absolute Gasteiger partial charge is 0.251 e. The second-order valence-electron chi connectivity index (χ2n) is 3.94. The normalized spacial score (nSPS) is 10.3. The molecule has 0 atom stereocenters. The molecular weight excluding hydrogens is 252 g/mol. The molecule has 0 fully saturated rings. The van der Waals surface area contributed by atoms with Crippen LogP contribution in [0.3, 0.4) is 0 Å². The van der Waals surface area contributed by atoms with E-state index >= 15 is 0 Å². The molecule has 1 heterocycles. The van der Waals surface area contributed by atoms with Crippen LogP contribution in [0, 0.1) is 0 Å². The predicted molar refractivity (Wildman–Crippen MR) is 70.2 cm³/mol. The highest BCUT2D eigenvalue weighted by atomic mass is 35.5. The predicted octanol–water partition coefficient (Wildman–Crippen LogP) is 1.59. The molecule has 5 nitrogen and oxygen atoms in total. The van der Waals surface area contributed by atoms with E-state index in [1.807, 2.05) is 13.2 Å². The SMILES string of the molecule is Cn1cc(CNC(=O)c2ccc(N)c(Cl)c2)cn1. The number of nitrogens with zero attached hydrogens (tertiary/aromatic N) is 2. The third-order valence-corrected chi connectivity index (χ3v) is 2.80. The molecule has 1 amide bonds. The van der Waals surface area contributed by atoms with E-state index in [0.717, 1.165) is 5.56 Å². The van der Waals surface area contributed by atoms with Gasteiger partial charge in [0.25, 0.3) is 5.91 Å². The van der Waals surface area contributed by atoms with Crippen LogP contribution < -0.4 is 11.1 Å². The number of carbonyl (C=O) groups is 1. The first-order chi connectivity index (χ1) is 8.56. The van der Waals surface area contributed by atoms with Crippen molar-refractivity contribution < 1.29 is 4.79 Å². The van der Waals surface area contributed by atoms with Crippen LogP contribution in [0.4, 0.5) is 5.69 Å². The minimum absolute atomic E-state index is 0.194. The molecule has 0 saturated heterocycles. The van der Waals surface area contributed by atoms with Gasteiger partial charge in [0, 0.05) is 30.9 Å². The van der Waals surface area contributed by atoms with Crippen LogP contribution in [0.25, 0.3) is 0 Å². The van der Waals surface area contributed by atoms with E-state index in [9.17, 15) is 4.79 Å². The van der Waals surface area contributed by atoms with Crippen molar-refractivity contribution in [1.82, 2.24) is 15.1 Å². The zero-order valence-corrected chi connectivity index (χ0v) is 10.6. The molecular formula is C12H13ClN4O. The number of carbonyl (C=O) groups excluding carboxylic acids is 1. The Morgan fingerprint density at radius 1 is 1.56 bits per heavy atom. The fourth-order valence-corrected chi connectivity index (χ4v) is 1.70. The Labute approximate surface area is 110 Å². The lowest BCUT2D eigenvalue weighted by Crippen LogP contribution is -2.22. The number of halogens is 1. The Bertz CT molecular complexity index is 579. The average Bonchev–Trinajstić information content (AvgIpc) is 2.75. The molecule has 0 saturated carbocycles. The molecule has 3 N–H and O–H groups in total. The standard InChI is InChI=1S/C12H13ClN4O/c1-17-7-8(6-16-17)5-15-12(18)9-2-3-11(14)10(13)4-9/h2-4,6-7H,5,14H2,1H3,(H,15,18). The molecule has 1 aromatic carbocycles. The van der Waals surface area contributed by atoms with Crippen molar-refractivity contribution in [3.63, 3.8) is 0 Å². The van der Waals surface area contributed by atoms with Crippen LogP contribution in [-0.2, 0) is 13.6 Å². The monoisotopic (exact) mass is 264 g/mol. The van der Waals surface area contributed by atoms with Gasteiger partial charge in [0.2, 0.25) is 0 Å². The van der Waals surface area contributed by atoms with Crippen LogP contribution >= 0.6 is 11.6 Å². The number of rotatable bonds is 3. The van der Waals surface area contributed by atoms with E-state index in [-0.39, 0.29) is 5.91 Å². The van der Waals surface area contributed by atoms with Gasteiger partial charge >= 0.3 is 0 Å². The second kappa shape index (κ2) is 5.10. The first kappa shape index (κ1) is 12.4. The molecule has 0 spiro atoms. The molecule has 0 unspecified atom stereocenters. The number of nitrogen functional groups attached to an aromatic ring is 1. The summed E-state index contributed by atoms with van der Waals surface area (Å²) in [6.45, 7) is 0.425. The zero-order valence-electron chi connectivity index (χ0n) is 9.85. The van der Waals surface area contributed by atoms with Crippen LogP contribution in [-0.4, -0.2) is 15.7 Å². The lowest BCUT2D eigenvalue weighted by Gasteiger charge is -2.05. The fraction of sp³-hybridized carbons (Fsp3) is 0.167. The number of aryl methyl sites for hydroxylation is 1. The summed E-state index contributed by atoms with van der Waals surface area (Å²) < 4.78 is 1.68. The molecule has 18 heavy (non-hydrogen) atoms. The molecule has 2 rings (SSSR count). The zero-order chi connectivity index (χ0) is 13.1. The van der Waals surface area contributed by atoms with Gasteiger partial charge in [-0.15, -0.1) is 0 Å². The lowest BCUT2D eigenvalue weighted by atomic mass is 10.2. The summed E-state index contributed by atoms with van der Waals surface area (Å²) in [4.78, 5) is 11.9. The Hall–Kier alpha value is -2.01. The van der Waals surface area contributed by atoms with Crippen molar-refractivity contribution >= 4 is 23.2 Å². The number of aromatic nitrogens is 2. The topological polar surface area (TPSA) is 72.9 Å². The summed E-state index contributed by atoms with van der Waals surface area (Å²) in [5, 5.41) is 7.18. The van der Waals surface area contributed by atoms with Crippen molar-refractivity contribution in [2.24, 2.45) is 7.05 Å². The molecule has 2 aromatic rings. The molecule has 0 aliphatic heterocycles. The third-order valence-electron chi connectivity index (χ3n) is 2.47. The van der Waals surface area contributed by atoms with Gasteiger partial charge in [0.1, 0.15) is 0 Å². The van der Waals surface area contributed by atoms with Crippen LogP contribution in [0.5, 0.6) is 0 Å². The minimum atomic E-state index is -0.194. The molecule has 1 aromatic heterocycles. The van der Waals surface area contributed by atoms with Crippen molar-refractivity contribution in [2.45, 2.75) is 6.54 Å². The second-order valence-corrected chi connectivity index (χ2v) is 4.35. The van der Waals surface area contributed by atoms with Gasteiger partial charge < -0.3 is 11.1 Å². The maximum atomic E-state index is 11.9. The summed E-state index contributed by atoms with van der Waals surface area (Å²) in [6, 6.07) is 4.80. The van der Waals surface area contributed by atoms with Crippen molar-refractivity contribution in [3.8, 4) is 0 Å². The molecule has 0 bridgehead atoms. The summed E-state index contributed by atoms with van der Waals surface area (Å²) in [6.07, 6.45) is 3.55. The van der Waals surface area contributed by atoms with Gasteiger partial charge in [0.05, 0.1) is 16.9 Å². The number of benzene rings is 1. The molecule has 0 aliphatic carbocycles. The van der Waals surface area contributed by atoms with E-state index in [1.54, 1.807) is 29.1 Å².